The lowest BCUT2D eigenvalue weighted by atomic mass is 10.1. The minimum absolute atomic E-state index is 0.0236. The van der Waals surface area contributed by atoms with Crippen LogP contribution in [0.2, 0.25) is 0 Å². The summed E-state index contributed by atoms with van der Waals surface area (Å²) in [4.78, 5) is 28.2. The summed E-state index contributed by atoms with van der Waals surface area (Å²) in [6.07, 6.45) is -0.571. The van der Waals surface area contributed by atoms with E-state index < -0.39 is 6.10 Å². The van der Waals surface area contributed by atoms with Crippen LogP contribution >= 0.6 is 0 Å². The minimum Gasteiger partial charge on any atom is -0.376 e. The highest BCUT2D eigenvalue weighted by Gasteiger charge is 2.32. The van der Waals surface area contributed by atoms with Gasteiger partial charge in [-0.25, -0.2) is 0 Å². The van der Waals surface area contributed by atoms with Gasteiger partial charge in [0.05, 0.1) is 26.4 Å². The van der Waals surface area contributed by atoms with Gasteiger partial charge in [0, 0.05) is 19.6 Å². The molecule has 2 heterocycles. The van der Waals surface area contributed by atoms with Gasteiger partial charge in [-0.1, -0.05) is 18.2 Å². The normalized spacial score (nSPS) is 21.9. The summed E-state index contributed by atoms with van der Waals surface area (Å²) in [5.41, 5.74) is 3.59. The summed E-state index contributed by atoms with van der Waals surface area (Å²) in [5.74, 6) is -0.168. The first-order valence-corrected chi connectivity index (χ1v) is 8.36. The average Bonchev–Trinajstić information content (AvgIpc) is 2.60. The monoisotopic (exact) mass is 332 g/mol. The van der Waals surface area contributed by atoms with E-state index in [2.05, 4.69) is 32.0 Å². The number of carbonyl (C=O) groups is 2. The number of rotatable bonds is 3. The first kappa shape index (κ1) is 16.9. The molecule has 0 unspecified atom stereocenters. The van der Waals surface area contributed by atoms with Crippen molar-refractivity contribution in [1.29, 1.82) is 0 Å². The summed E-state index contributed by atoms with van der Waals surface area (Å²) < 4.78 is 10.7. The molecule has 2 aliphatic heterocycles. The number of ether oxygens (including phenoxy) is 2. The van der Waals surface area contributed by atoms with Gasteiger partial charge < -0.3 is 19.3 Å². The van der Waals surface area contributed by atoms with Gasteiger partial charge in [-0.2, -0.15) is 0 Å². The minimum atomic E-state index is -0.571. The maximum atomic E-state index is 12.4. The first-order valence-electron chi connectivity index (χ1n) is 8.36. The highest BCUT2D eigenvalue weighted by molar-refractivity contribution is 5.88. The van der Waals surface area contributed by atoms with Gasteiger partial charge in [-0.3, -0.25) is 9.59 Å². The molecule has 2 aliphatic rings. The largest absolute Gasteiger partial charge is 0.376 e. The third-order valence-electron chi connectivity index (χ3n) is 4.67. The van der Waals surface area contributed by atoms with Crippen LogP contribution in [0.4, 0.5) is 0 Å². The van der Waals surface area contributed by atoms with Gasteiger partial charge >= 0.3 is 0 Å². The number of amides is 2. The van der Waals surface area contributed by atoms with Gasteiger partial charge in [0.25, 0.3) is 5.91 Å². The van der Waals surface area contributed by atoms with Gasteiger partial charge in [-0.15, -0.1) is 0 Å². The zero-order chi connectivity index (χ0) is 17.1. The fourth-order valence-corrected chi connectivity index (χ4v) is 3.02. The number of carbonyl (C=O) groups excluding carboxylic acids is 2. The van der Waals surface area contributed by atoms with E-state index in [1.807, 2.05) is 4.90 Å². The maximum absolute atomic E-state index is 12.4. The summed E-state index contributed by atoms with van der Waals surface area (Å²) >= 11 is 0. The Morgan fingerprint density at radius 3 is 2.71 bits per heavy atom. The van der Waals surface area contributed by atoms with Crippen LogP contribution in [0.3, 0.4) is 0 Å². The summed E-state index contributed by atoms with van der Waals surface area (Å²) in [6.45, 7) is 7.16. The molecular weight excluding hydrogens is 308 g/mol. The third kappa shape index (κ3) is 3.76. The number of nitrogens with zero attached hydrogens (tertiary/aromatic N) is 2. The molecule has 2 saturated heterocycles. The molecule has 3 rings (SSSR count). The van der Waals surface area contributed by atoms with E-state index in [0.29, 0.717) is 32.8 Å². The molecule has 6 heteroatoms. The topological polar surface area (TPSA) is 59.1 Å². The fraction of sp³-hybridized carbons (Fsp3) is 0.556. The zero-order valence-corrected chi connectivity index (χ0v) is 14.3. The van der Waals surface area contributed by atoms with E-state index in [9.17, 15) is 9.59 Å². The Morgan fingerprint density at radius 2 is 2.04 bits per heavy atom. The summed E-state index contributed by atoms with van der Waals surface area (Å²) in [5, 5.41) is 0. The standard InChI is InChI=1S/C18H24N2O4/c1-13-3-4-15(9-14(13)2)10-19-5-6-20(11-17(19)21)18(22)16-12-23-7-8-24-16/h3-4,9,16H,5-8,10-12H2,1-2H3/t16-/m1/s1. The molecule has 1 aromatic carbocycles. The van der Waals surface area contributed by atoms with Crippen LogP contribution in [0.1, 0.15) is 16.7 Å². The molecule has 6 nitrogen and oxygen atoms in total. The molecule has 0 radical (unpaired) electrons. The molecule has 0 N–H and O–H groups in total. The smallest absolute Gasteiger partial charge is 0.254 e. The van der Waals surface area contributed by atoms with E-state index in [1.165, 1.54) is 11.1 Å². The molecule has 1 atom stereocenters. The van der Waals surface area contributed by atoms with Crippen molar-refractivity contribution in [2.45, 2.75) is 26.5 Å². The molecule has 24 heavy (non-hydrogen) atoms. The van der Waals surface area contributed by atoms with Gasteiger partial charge in [-0.05, 0) is 30.5 Å². The van der Waals surface area contributed by atoms with Crippen molar-refractivity contribution in [3.8, 4) is 0 Å². The van der Waals surface area contributed by atoms with Crippen molar-refractivity contribution in [3.63, 3.8) is 0 Å². The second kappa shape index (κ2) is 7.32. The molecule has 0 spiro atoms. The molecular formula is C18H24N2O4. The van der Waals surface area contributed by atoms with Crippen LogP contribution in [0.15, 0.2) is 18.2 Å². The number of hydrogen-bond acceptors (Lipinski definition) is 4. The zero-order valence-electron chi connectivity index (χ0n) is 14.3. The number of benzene rings is 1. The highest BCUT2D eigenvalue weighted by Crippen LogP contribution is 2.15. The van der Waals surface area contributed by atoms with Crippen molar-refractivity contribution < 1.29 is 19.1 Å². The van der Waals surface area contributed by atoms with Crippen LogP contribution < -0.4 is 0 Å². The van der Waals surface area contributed by atoms with Crippen LogP contribution in [0.5, 0.6) is 0 Å². The second-order valence-electron chi connectivity index (χ2n) is 6.43. The predicted molar refractivity (Wildman–Crippen MR) is 88.5 cm³/mol. The molecule has 0 aromatic heterocycles. The Hall–Kier alpha value is -1.92. The van der Waals surface area contributed by atoms with Gasteiger partial charge in [0.15, 0.2) is 6.10 Å². The van der Waals surface area contributed by atoms with E-state index in [1.54, 1.807) is 4.90 Å². The molecule has 2 amide bonds. The Kier molecular flexibility index (Phi) is 5.16. The van der Waals surface area contributed by atoms with Crippen molar-refractivity contribution in [3.05, 3.63) is 34.9 Å². The molecule has 1 aromatic rings. The van der Waals surface area contributed by atoms with Crippen molar-refractivity contribution in [1.82, 2.24) is 9.80 Å². The van der Waals surface area contributed by atoms with Gasteiger partial charge in [0.2, 0.25) is 5.91 Å². The van der Waals surface area contributed by atoms with Crippen LogP contribution in [0.25, 0.3) is 0 Å². The van der Waals surface area contributed by atoms with Gasteiger partial charge in [0.1, 0.15) is 0 Å². The predicted octanol–water partition coefficient (Wildman–Crippen LogP) is 0.890. The van der Waals surface area contributed by atoms with Crippen molar-refractivity contribution >= 4 is 11.8 Å². The fourth-order valence-electron chi connectivity index (χ4n) is 3.02. The molecule has 0 saturated carbocycles. The molecule has 2 fully saturated rings. The maximum Gasteiger partial charge on any atom is 0.254 e. The lowest BCUT2D eigenvalue weighted by molar-refractivity contribution is -0.163. The number of aryl methyl sites for hydroxylation is 2. The van der Waals surface area contributed by atoms with E-state index >= 15 is 0 Å². The Bertz CT molecular complexity index is 625. The van der Waals surface area contributed by atoms with Crippen LogP contribution in [0, 0.1) is 13.8 Å². The summed E-state index contributed by atoms with van der Waals surface area (Å²) in [6, 6.07) is 6.25. The van der Waals surface area contributed by atoms with E-state index in [4.69, 9.17) is 9.47 Å². The molecule has 0 aliphatic carbocycles. The highest BCUT2D eigenvalue weighted by atomic mass is 16.6. The van der Waals surface area contributed by atoms with E-state index in [0.717, 1.165) is 5.56 Å². The Morgan fingerprint density at radius 1 is 1.21 bits per heavy atom. The average molecular weight is 332 g/mol. The van der Waals surface area contributed by atoms with Crippen molar-refractivity contribution in [2.24, 2.45) is 0 Å². The Balaban J connectivity index is 1.57. The van der Waals surface area contributed by atoms with Crippen molar-refractivity contribution in [2.75, 3.05) is 39.5 Å². The van der Waals surface area contributed by atoms with E-state index in [-0.39, 0.29) is 25.0 Å². The first-order chi connectivity index (χ1) is 11.5. The number of piperazine rings is 1. The quantitative estimate of drug-likeness (QED) is 0.825. The van der Waals surface area contributed by atoms with Crippen LogP contribution in [-0.4, -0.2) is 67.2 Å². The number of hydrogen-bond donors (Lipinski definition) is 0. The second-order valence-corrected chi connectivity index (χ2v) is 6.43. The van der Waals surface area contributed by atoms with Crippen LogP contribution in [-0.2, 0) is 25.6 Å². The lowest BCUT2D eigenvalue weighted by Crippen LogP contribution is -2.55. The SMILES string of the molecule is Cc1ccc(CN2CCN(C(=O)[C@H]3COCCO3)CC2=O)cc1C. The third-order valence-corrected chi connectivity index (χ3v) is 4.67. The Labute approximate surface area is 142 Å². The summed E-state index contributed by atoms with van der Waals surface area (Å²) in [7, 11) is 0. The lowest BCUT2D eigenvalue weighted by Gasteiger charge is -2.36. The molecule has 0 bridgehead atoms. The molecule has 130 valence electrons.